The molecule has 0 aliphatic carbocycles. The van der Waals surface area contributed by atoms with Crippen LogP contribution in [0.5, 0.6) is 0 Å². The standard InChI is InChI=1S/C30H30FN2O2S.BrH/c31-25-12-7-13-27(18-25)36-28-21-33(16-14-22(28)15-17-33)20-26-19-29(32-35-26)30(34,23-8-3-1-4-9-23)24-10-5-2-6-11-24;/h1-13,18-19,22,28,34H,14-17,20-21H2;1H/q+1;/p-1. The Morgan fingerprint density at radius 1 is 0.919 bits per heavy atom. The van der Waals surface area contributed by atoms with Crippen molar-refractivity contribution in [2.75, 3.05) is 19.6 Å². The molecule has 4 aromatic rings. The molecule has 2 bridgehead atoms. The SMILES string of the molecule is OC(c1ccccc1)(c1ccccc1)c1cc(C[N+]23CCC(CC2)C(Sc2cccc(F)c2)C3)on1.[Br-]. The summed E-state index contributed by atoms with van der Waals surface area (Å²) in [6.45, 7) is 4.01. The first-order valence-electron chi connectivity index (χ1n) is 12.6. The van der Waals surface area contributed by atoms with Crippen LogP contribution in [0.2, 0.25) is 0 Å². The summed E-state index contributed by atoms with van der Waals surface area (Å²) in [5.74, 6) is 1.29. The lowest BCUT2D eigenvalue weighted by Crippen LogP contribution is -3.00. The number of hydrogen-bond donors (Lipinski definition) is 1. The molecule has 1 unspecified atom stereocenters. The number of aliphatic hydroxyl groups is 1. The first-order chi connectivity index (χ1) is 17.5. The van der Waals surface area contributed by atoms with E-state index in [0.29, 0.717) is 16.9 Å². The van der Waals surface area contributed by atoms with Gasteiger partial charge in [-0.25, -0.2) is 4.39 Å². The molecule has 192 valence electrons. The van der Waals surface area contributed by atoms with Crippen LogP contribution >= 0.6 is 11.8 Å². The number of aromatic nitrogens is 1. The second-order valence-corrected chi connectivity index (χ2v) is 11.5. The van der Waals surface area contributed by atoms with Crippen LogP contribution < -0.4 is 17.0 Å². The molecule has 37 heavy (non-hydrogen) atoms. The van der Waals surface area contributed by atoms with E-state index in [4.69, 9.17) is 4.52 Å². The molecule has 0 amide bonds. The van der Waals surface area contributed by atoms with Gasteiger partial charge >= 0.3 is 0 Å². The Kier molecular flexibility index (Phi) is 7.59. The quantitative estimate of drug-likeness (QED) is 0.341. The molecule has 1 aromatic heterocycles. The summed E-state index contributed by atoms with van der Waals surface area (Å²) in [4.78, 5) is 1.00. The minimum atomic E-state index is -1.39. The second-order valence-electron chi connectivity index (χ2n) is 10.2. The molecule has 7 rings (SSSR count). The highest BCUT2D eigenvalue weighted by molar-refractivity contribution is 8.00. The zero-order chi connectivity index (χ0) is 24.6. The number of hydrogen-bond acceptors (Lipinski definition) is 4. The molecule has 3 aromatic carbocycles. The van der Waals surface area contributed by atoms with Gasteiger partial charge in [0.15, 0.2) is 11.4 Å². The minimum absolute atomic E-state index is 0. The lowest BCUT2D eigenvalue weighted by molar-refractivity contribution is -0.954. The van der Waals surface area contributed by atoms with Crippen LogP contribution in [0.15, 0.2) is 100 Å². The van der Waals surface area contributed by atoms with Crippen LogP contribution in [-0.2, 0) is 12.1 Å². The molecular weight excluding hydrogens is 551 g/mol. The molecule has 4 nitrogen and oxygen atoms in total. The van der Waals surface area contributed by atoms with E-state index in [2.05, 4.69) is 5.16 Å². The third kappa shape index (κ3) is 5.15. The predicted octanol–water partition coefficient (Wildman–Crippen LogP) is 3.00. The number of benzene rings is 3. The molecule has 0 spiro atoms. The largest absolute Gasteiger partial charge is 1.00 e. The van der Waals surface area contributed by atoms with Crippen molar-refractivity contribution in [3.05, 3.63) is 119 Å². The van der Waals surface area contributed by atoms with Gasteiger partial charge in [-0.3, -0.25) is 0 Å². The van der Waals surface area contributed by atoms with E-state index in [9.17, 15) is 9.50 Å². The highest BCUT2D eigenvalue weighted by Gasteiger charge is 2.47. The number of thioether (sulfide) groups is 1. The summed E-state index contributed by atoms with van der Waals surface area (Å²) in [5.41, 5.74) is 0.627. The number of nitrogens with zero attached hydrogens (tertiary/aromatic N) is 2. The molecular formula is C30H30BrFN2O2S. The predicted molar refractivity (Wildman–Crippen MR) is 139 cm³/mol. The van der Waals surface area contributed by atoms with Crippen molar-refractivity contribution >= 4 is 11.8 Å². The number of fused-ring (bicyclic) bond motifs is 3. The molecule has 1 N–H and O–H groups in total. The van der Waals surface area contributed by atoms with E-state index >= 15 is 0 Å². The van der Waals surface area contributed by atoms with Gasteiger partial charge in [0.05, 0.1) is 24.9 Å². The van der Waals surface area contributed by atoms with Gasteiger partial charge in [0, 0.05) is 23.8 Å². The Morgan fingerprint density at radius 2 is 1.57 bits per heavy atom. The number of quaternary nitrogens is 1. The summed E-state index contributed by atoms with van der Waals surface area (Å²) in [6.07, 6.45) is 2.35. The highest BCUT2D eigenvalue weighted by Crippen LogP contribution is 2.44. The maximum Gasteiger partial charge on any atom is 0.191 e. The first kappa shape index (κ1) is 26.2. The van der Waals surface area contributed by atoms with Crippen molar-refractivity contribution in [2.45, 2.75) is 35.1 Å². The van der Waals surface area contributed by atoms with Gasteiger partial charge in [-0.2, -0.15) is 0 Å². The molecule has 4 heterocycles. The average Bonchev–Trinajstić information content (AvgIpc) is 3.38. The smallest absolute Gasteiger partial charge is 0.191 e. The van der Waals surface area contributed by atoms with E-state index in [-0.39, 0.29) is 22.8 Å². The van der Waals surface area contributed by atoms with Crippen molar-refractivity contribution < 1.29 is 35.5 Å². The van der Waals surface area contributed by atoms with Gasteiger partial charge in [-0.05, 0) is 35.2 Å². The third-order valence-corrected chi connectivity index (χ3v) is 9.29. The molecule has 3 saturated heterocycles. The monoisotopic (exact) mass is 580 g/mol. The second kappa shape index (κ2) is 10.7. The highest BCUT2D eigenvalue weighted by atomic mass is 79.9. The number of rotatable bonds is 7. The van der Waals surface area contributed by atoms with Gasteiger partial charge in [-0.15, -0.1) is 11.8 Å². The fourth-order valence-corrected chi connectivity index (χ4v) is 7.54. The van der Waals surface area contributed by atoms with E-state index in [1.807, 2.05) is 84.6 Å². The normalized spacial score (nSPS) is 23.0. The first-order valence-corrected chi connectivity index (χ1v) is 13.5. The van der Waals surface area contributed by atoms with Gasteiger partial charge < -0.3 is 31.1 Å². The third-order valence-electron chi connectivity index (χ3n) is 7.93. The molecule has 7 heteroatoms. The van der Waals surface area contributed by atoms with Crippen LogP contribution in [-0.4, -0.2) is 39.6 Å². The van der Waals surface area contributed by atoms with Crippen molar-refractivity contribution in [3.8, 4) is 0 Å². The van der Waals surface area contributed by atoms with Crippen LogP contribution in [0, 0.1) is 11.7 Å². The van der Waals surface area contributed by atoms with E-state index in [1.54, 1.807) is 12.1 Å². The fourth-order valence-electron chi connectivity index (χ4n) is 6.00. The molecule has 1 atom stereocenters. The summed E-state index contributed by atoms with van der Waals surface area (Å²) < 4.78 is 20.6. The Labute approximate surface area is 231 Å². The fraction of sp³-hybridized carbons (Fsp3) is 0.300. The Hall–Kier alpha value is -2.45. The van der Waals surface area contributed by atoms with Crippen molar-refractivity contribution in [2.24, 2.45) is 5.92 Å². The summed E-state index contributed by atoms with van der Waals surface area (Å²) in [6, 6.07) is 28.2. The lowest BCUT2D eigenvalue weighted by Gasteiger charge is -2.52. The van der Waals surface area contributed by atoms with Gasteiger partial charge in [0.2, 0.25) is 0 Å². The van der Waals surface area contributed by atoms with Crippen molar-refractivity contribution in [1.29, 1.82) is 0 Å². The minimum Gasteiger partial charge on any atom is -1.00 e. The van der Waals surface area contributed by atoms with Gasteiger partial charge in [0.25, 0.3) is 0 Å². The Morgan fingerprint density at radius 3 is 2.19 bits per heavy atom. The molecule has 3 aliphatic rings. The maximum absolute atomic E-state index is 13.8. The molecule has 3 fully saturated rings. The number of piperidine rings is 3. The van der Waals surface area contributed by atoms with Crippen molar-refractivity contribution in [1.82, 2.24) is 5.16 Å². The molecule has 0 radical (unpaired) electrons. The average molecular weight is 582 g/mol. The Bertz CT molecular complexity index is 1290. The maximum atomic E-state index is 13.8. The summed E-state index contributed by atoms with van der Waals surface area (Å²) in [5, 5.41) is 16.9. The van der Waals surface area contributed by atoms with Crippen LogP contribution in [0.3, 0.4) is 0 Å². The molecule has 3 aliphatic heterocycles. The van der Waals surface area contributed by atoms with Crippen LogP contribution in [0.4, 0.5) is 4.39 Å². The van der Waals surface area contributed by atoms with Crippen LogP contribution in [0.25, 0.3) is 0 Å². The topological polar surface area (TPSA) is 46.3 Å². The van der Waals surface area contributed by atoms with Crippen molar-refractivity contribution in [3.63, 3.8) is 0 Å². The van der Waals surface area contributed by atoms with E-state index in [1.165, 1.54) is 18.9 Å². The zero-order valence-corrected chi connectivity index (χ0v) is 22.9. The van der Waals surface area contributed by atoms with Crippen LogP contribution in [0.1, 0.15) is 35.4 Å². The van der Waals surface area contributed by atoms with E-state index < -0.39 is 5.60 Å². The zero-order valence-electron chi connectivity index (χ0n) is 20.5. The summed E-state index contributed by atoms with van der Waals surface area (Å²) >= 11 is 1.81. The van der Waals surface area contributed by atoms with Gasteiger partial charge in [0.1, 0.15) is 18.1 Å². The molecule has 0 saturated carbocycles. The lowest BCUT2D eigenvalue weighted by atomic mass is 9.83. The Balaban J connectivity index is 0.00000280. The number of halogens is 2. The van der Waals surface area contributed by atoms with Gasteiger partial charge in [-0.1, -0.05) is 71.9 Å². The van der Waals surface area contributed by atoms with E-state index in [0.717, 1.165) is 52.4 Å². The summed E-state index contributed by atoms with van der Waals surface area (Å²) in [7, 11) is 0.